The topological polar surface area (TPSA) is 99.2 Å². The van der Waals surface area contributed by atoms with Crippen molar-refractivity contribution in [3.05, 3.63) is 59.0 Å². The molecule has 1 fully saturated rings. The molecule has 0 radical (unpaired) electrons. The quantitative estimate of drug-likeness (QED) is 0.516. The molecule has 168 valence electrons. The molecule has 4 heterocycles. The van der Waals surface area contributed by atoms with Gasteiger partial charge in [0.25, 0.3) is 0 Å². The maximum Gasteiger partial charge on any atom is 0.226 e. The normalized spacial score (nSPS) is 18.5. The van der Waals surface area contributed by atoms with Gasteiger partial charge in [0.05, 0.1) is 11.8 Å². The fourth-order valence-electron chi connectivity index (χ4n) is 5.04. The molecule has 0 unspecified atom stereocenters. The van der Waals surface area contributed by atoms with Crippen LogP contribution in [0.15, 0.2) is 36.4 Å². The molecular weight excluding hydrogens is 418 g/mol. The predicted molar refractivity (Wildman–Crippen MR) is 122 cm³/mol. The van der Waals surface area contributed by atoms with Gasteiger partial charge in [0.1, 0.15) is 11.6 Å². The van der Waals surface area contributed by atoms with Gasteiger partial charge in [-0.05, 0) is 57.7 Å². The van der Waals surface area contributed by atoms with Crippen molar-refractivity contribution in [3.63, 3.8) is 0 Å². The smallest absolute Gasteiger partial charge is 0.226 e. The lowest BCUT2D eigenvalue weighted by molar-refractivity contribution is -0.116. The number of carbonyl (C=O) groups is 1. The summed E-state index contributed by atoms with van der Waals surface area (Å²) in [6.45, 7) is 3.82. The summed E-state index contributed by atoms with van der Waals surface area (Å²) in [4.78, 5) is 12.8. The number of para-hydroxylation sites is 1. The molecule has 1 atom stereocenters. The van der Waals surface area contributed by atoms with Gasteiger partial charge in [-0.1, -0.05) is 18.2 Å². The number of aromatic nitrogens is 6. The largest absolute Gasteiger partial charge is 0.490 e. The number of anilines is 1. The number of hydrogen-bond donors (Lipinski definition) is 1. The predicted octanol–water partition coefficient (Wildman–Crippen LogP) is 3.72. The Balaban J connectivity index is 1.45. The van der Waals surface area contributed by atoms with Gasteiger partial charge in [-0.15, -0.1) is 15.3 Å². The van der Waals surface area contributed by atoms with Gasteiger partial charge in [0, 0.05) is 23.5 Å². The molecule has 2 aliphatic rings. The Morgan fingerprint density at radius 3 is 2.70 bits per heavy atom. The molecule has 33 heavy (non-hydrogen) atoms. The summed E-state index contributed by atoms with van der Waals surface area (Å²) in [5, 5.41) is 20.6. The number of ether oxygens (including phenoxy) is 1. The SMILES string of the molecule is Cc1nn(-c2ccc3nnc(C)n3n2)c2c1[C@H](c1ccccc1OC1CCCC1)CC(=O)N2. The first-order valence-electron chi connectivity index (χ1n) is 11.4. The number of nitrogens with zero attached hydrogens (tertiary/aromatic N) is 6. The van der Waals surface area contributed by atoms with E-state index in [4.69, 9.17) is 9.84 Å². The van der Waals surface area contributed by atoms with Gasteiger partial charge < -0.3 is 10.1 Å². The van der Waals surface area contributed by atoms with Crippen LogP contribution in [0.2, 0.25) is 0 Å². The van der Waals surface area contributed by atoms with Crippen molar-refractivity contribution >= 4 is 17.4 Å². The van der Waals surface area contributed by atoms with E-state index in [1.54, 1.807) is 9.20 Å². The first-order chi connectivity index (χ1) is 16.1. The molecule has 6 rings (SSSR count). The van der Waals surface area contributed by atoms with Gasteiger partial charge in [-0.25, -0.2) is 0 Å². The highest BCUT2D eigenvalue weighted by atomic mass is 16.5. The van der Waals surface area contributed by atoms with Crippen LogP contribution >= 0.6 is 0 Å². The standard InChI is InChI=1S/C24H25N7O2/c1-14-23-18(17-9-5-6-10-19(17)33-16-7-3-4-8-16)13-22(32)25-24(23)31(28-14)21-12-11-20-27-26-15(2)30(20)29-21/h5-6,9-12,16,18H,3-4,7-8,13H2,1-2H3,(H,25,32)/t18-/m0/s1. The number of hydrogen-bond acceptors (Lipinski definition) is 6. The van der Waals surface area contributed by atoms with E-state index in [0.717, 1.165) is 35.4 Å². The minimum absolute atomic E-state index is 0.0501. The van der Waals surface area contributed by atoms with Crippen LogP contribution in [0.4, 0.5) is 5.82 Å². The Bertz CT molecular complexity index is 1370. The third-order valence-corrected chi connectivity index (χ3v) is 6.61. The summed E-state index contributed by atoms with van der Waals surface area (Å²) in [6, 6.07) is 11.8. The third kappa shape index (κ3) is 3.35. The summed E-state index contributed by atoms with van der Waals surface area (Å²) in [7, 11) is 0. The average molecular weight is 444 g/mol. The zero-order valence-electron chi connectivity index (χ0n) is 18.7. The van der Waals surface area contributed by atoms with E-state index >= 15 is 0 Å². The van der Waals surface area contributed by atoms with Crippen LogP contribution in [-0.2, 0) is 4.79 Å². The van der Waals surface area contributed by atoms with Crippen LogP contribution in [0, 0.1) is 13.8 Å². The van der Waals surface area contributed by atoms with E-state index in [-0.39, 0.29) is 17.9 Å². The second-order valence-electron chi connectivity index (χ2n) is 8.84. The van der Waals surface area contributed by atoms with Gasteiger partial charge in [-0.3, -0.25) is 4.79 Å². The van der Waals surface area contributed by atoms with E-state index in [1.165, 1.54) is 12.8 Å². The lowest BCUT2D eigenvalue weighted by Gasteiger charge is -2.26. The van der Waals surface area contributed by atoms with E-state index < -0.39 is 0 Å². The molecule has 1 aliphatic heterocycles. The number of carbonyl (C=O) groups excluding carboxylic acids is 1. The van der Waals surface area contributed by atoms with Gasteiger partial charge in [0.15, 0.2) is 17.3 Å². The van der Waals surface area contributed by atoms with Crippen LogP contribution in [0.3, 0.4) is 0 Å². The van der Waals surface area contributed by atoms with Crippen molar-refractivity contribution in [3.8, 4) is 11.6 Å². The fourth-order valence-corrected chi connectivity index (χ4v) is 5.04. The molecule has 4 aromatic rings. The van der Waals surface area contributed by atoms with E-state index in [9.17, 15) is 4.79 Å². The van der Waals surface area contributed by atoms with Crippen LogP contribution < -0.4 is 10.1 Å². The maximum atomic E-state index is 12.8. The maximum absolute atomic E-state index is 12.8. The molecule has 0 spiro atoms. The number of benzene rings is 1. The summed E-state index contributed by atoms with van der Waals surface area (Å²) < 4.78 is 9.78. The number of fused-ring (bicyclic) bond motifs is 2. The summed E-state index contributed by atoms with van der Waals surface area (Å²) in [5.41, 5.74) is 3.54. The first kappa shape index (κ1) is 19.9. The minimum Gasteiger partial charge on any atom is -0.490 e. The highest BCUT2D eigenvalue weighted by Crippen LogP contribution is 2.43. The fraction of sp³-hybridized carbons (Fsp3) is 0.375. The summed E-state index contributed by atoms with van der Waals surface area (Å²) in [5.74, 6) is 2.60. The van der Waals surface area contributed by atoms with Gasteiger partial charge in [-0.2, -0.15) is 14.3 Å². The van der Waals surface area contributed by atoms with E-state index in [0.29, 0.717) is 29.5 Å². The third-order valence-electron chi connectivity index (χ3n) is 6.61. The van der Waals surface area contributed by atoms with E-state index in [2.05, 4.69) is 26.7 Å². The number of aryl methyl sites for hydroxylation is 2. The zero-order chi connectivity index (χ0) is 22.5. The molecule has 0 saturated heterocycles. The van der Waals surface area contributed by atoms with Crippen molar-refractivity contribution in [1.29, 1.82) is 0 Å². The summed E-state index contributed by atoms with van der Waals surface area (Å²) in [6.07, 6.45) is 5.17. The Morgan fingerprint density at radius 1 is 1.03 bits per heavy atom. The average Bonchev–Trinajstić information content (AvgIpc) is 3.54. The molecule has 0 bridgehead atoms. The Kier molecular flexibility index (Phi) is 4.63. The minimum atomic E-state index is -0.138. The zero-order valence-corrected chi connectivity index (χ0v) is 18.7. The monoisotopic (exact) mass is 443 g/mol. The van der Waals surface area contributed by atoms with Gasteiger partial charge in [0.2, 0.25) is 5.91 Å². The van der Waals surface area contributed by atoms with Crippen LogP contribution in [0.25, 0.3) is 11.5 Å². The van der Waals surface area contributed by atoms with Crippen LogP contribution in [0.1, 0.15) is 60.7 Å². The van der Waals surface area contributed by atoms with Crippen molar-refractivity contribution in [2.45, 2.75) is 58.0 Å². The van der Waals surface area contributed by atoms with Crippen molar-refractivity contribution in [2.75, 3.05) is 5.32 Å². The molecule has 3 aromatic heterocycles. The molecule has 9 heteroatoms. The molecule has 1 saturated carbocycles. The second-order valence-corrected chi connectivity index (χ2v) is 8.84. The lowest BCUT2D eigenvalue weighted by Crippen LogP contribution is -2.25. The van der Waals surface area contributed by atoms with Crippen LogP contribution in [-0.4, -0.2) is 41.6 Å². The number of amides is 1. The molecule has 9 nitrogen and oxygen atoms in total. The molecule has 1 N–H and O–H groups in total. The Hall–Kier alpha value is -3.75. The molecule has 1 amide bonds. The van der Waals surface area contributed by atoms with Gasteiger partial charge >= 0.3 is 0 Å². The van der Waals surface area contributed by atoms with Crippen LogP contribution in [0.5, 0.6) is 5.75 Å². The lowest BCUT2D eigenvalue weighted by atomic mass is 9.85. The molecule has 1 aromatic carbocycles. The van der Waals surface area contributed by atoms with E-state index in [1.807, 2.05) is 44.2 Å². The second kappa shape index (κ2) is 7.68. The van der Waals surface area contributed by atoms with Crippen molar-refractivity contribution in [1.82, 2.24) is 29.6 Å². The highest BCUT2D eigenvalue weighted by Gasteiger charge is 2.35. The number of rotatable bonds is 4. The first-order valence-corrected chi connectivity index (χ1v) is 11.4. The Labute approximate surface area is 190 Å². The van der Waals surface area contributed by atoms with Crippen molar-refractivity contribution < 1.29 is 9.53 Å². The summed E-state index contributed by atoms with van der Waals surface area (Å²) >= 11 is 0. The number of nitrogens with one attached hydrogen (secondary N) is 1. The van der Waals surface area contributed by atoms with Crippen molar-refractivity contribution in [2.24, 2.45) is 0 Å². The molecular formula is C24H25N7O2. The highest BCUT2D eigenvalue weighted by molar-refractivity contribution is 5.95. The molecule has 1 aliphatic carbocycles. The Morgan fingerprint density at radius 2 is 1.85 bits per heavy atom.